The first-order chi connectivity index (χ1) is 13.7. The Bertz CT molecular complexity index is 980. The fourth-order valence-electron chi connectivity index (χ4n) is 3.76. The number of nitrogen functional groups attached to an aromatic ring is 1. The monoisotopic (exact) mass is 375 g/mol. The van der Waals surface area contributed by atoms with Crippen molar-refractivity contribution in [2.45, 2.75) is 6.54 Å². The molecule has 2 N–H and O–H groups in total. The zero-order valence-electron chi connectivity index (χ0n) is 15.6. The van der Waals surface area contributed by atoms with Gasteiger partial charge in [-0.05, 0) is 35.9 Å². The summed E-state index contributed by atoms with van der Waals surface area (Å²) in [5.41, 5.74) is 9.64. The van der Waals surface area contributed by atoms with Crippen LogP contribution in [0.5, 0.6) is 0 Å². The quantitative estimate of drug-likeness (QED) is 0.759. The van der Waals surface area contributed by atoms with Crippen LogP contribution in [0.2, 0.25) is 0 Å². The summed E-state index contributed by atoms with van der Waals surface area (Å²) < 4.78 is 15.2. The van der Waals surface area contributed by atoms with Gasteiger partial charge in [-0.25, -0.2) is 4.39 Å². The molecule has 1 fully saturated rings. The third-order valence-electron chi connectivity index (χ3n) is 5.17. The molecule has 1 saturated heterocycles. The van der Waals surface area contributed by atoms with Gasteiger partial charge in [0.15, 0.2) is 0 Å². The van der Waals surface area contributed by atoms with Gasteiger partial charge in [-0.1, -0.05) is 30.3 Å². The molecule has 1 aliphatic rings. The highest BCUT2D eigenvalue weighted by atomic mass is 19.1. The van der Waals surface area contributed by atoms with E-state index in [4.69, 9.17) is 5.73 Å². The number of hydrogen-bond acceptors (Lipinski definition) is 4. The number of aromatic nitrogens is 1. The molecular weight excluding hydrogens is 353 g/mol. The average Bonchev–Trinajstić information content (AvgIpc) is 3.04. The number of rotatable bonds is 4. The van der Waals surface area contributed by atoms with E-state index in [1.165, 1.54) is 12.1 Å². The van der Waals surface area contributed by atoms with E-state index in [9.17, 15) is 9.65 Å². The second-order valence-electron chi connectivity index (χ2n) is 6.94. The minimum atomic E-state index is -0.224. The Balaban J connectivity index is 1.55. The summed E-state index contributed by atoms with van der Waals surface area (Å²) in [5.74, 6) is 0.678. The van der Waals surface area contributed by atoms with Crippen LogP contribution in [0, 0.1) is 17.1 Å². The molecule has 1 aromatic heterocycles. The lowest BCUT2D eigenvalue weighted by Gasteiger charge is -2.38. The van der Waals surface area contributed by atoms with Crippen LogP contribution in [-0.2, 0) is 6.54 Å². The van der Waals surface area contributed by atoms with E-state index in [1.54, 1.807) is 6.07 Å². The van der Waals surface area contributed by atoms with E-state index in [1.807, 2.05) is 47.0 Å². The summed E-state index contributed by atoms with van der Waals surface area (Å²) in [4.78, 5) is 4.47. The normalized spacial score (nSPS) is 14.1. The van der Waals surface area contributed by atoms with Gasteiger partial charge in [0.05, 0.1) is 12.2 Å². The Labute approximate surface area is 164 Å². The van der Waals surface area contributed by atoms with E-state index in [2.05, 4.69) is 15.9 Å². The van der Waals surface area contributed by atoms with Crippen LogP contribution in [0.25, 0.3) is 0 Å². The van der Waals surface area contributed by atoms with Crippen molar-refractivity contribution in [3.63, 3.8) is 0 Å². The van der Waals surface area contributed by atoms with Crippen LogP contribution in [0.3, 0.4) is 0 Å². The van der Waals surface area contributed by atoms with Crippen molar-refractivity contribution in [1.82, 2.24) is 4.57 Å². The molecule has 5 nitrogen and oxygen atoms in total. The summed E-state index contributed by atoms with van der Waals surface area (Å²) in [5, 5.41) is 9.56. The summed E-state index contributed by atoms with van der Waals surface area (Å²) in [6, 6.07) is 20.7. The van der Waals surface area contributed by atoms with E-state index in [0.29, 0.717) is 17.9 Å². The smallest absolute Gasteiger partial charge is 0.133 e. The minimum Gasteiger partial charge on any atom is -0.396 e. The maximum absolute atomic E-state index is 13.2. The first kappa shape index (κ1) is 17.9. The molecule has 2 heterocycles. The van der Waals surface area contributed by atoms with E-state index in [0.717, 1.165) is 43.2 Å². The molecule has 3 aromatic rings. The Morgan fingerprint density at radius 2 is 1.57 bits per heavy atom. The number of benzene rings is 2. The predicted octanol–water partition coefficient (Wildman–Crippen LogP) is 3.46. The van der Waals surface area contributed by atoms with Gasteiger partial charge in [0.25, 0.3) is 0 Å². The number of hydrogen-bond donors (Lipinski definition) is 1. The molecule has 28 heavy (non-hydrogen) atoms. The number of nitrogens with two attached hydrogens (primary N) is 1. The summed E-state index contributed by atoms with van der Waals surface area (Å²) in [6.07, 6.45) is 0. The third-order valence-corrected chi connectivity index (χ3v) is 5.17. The lowest BCUT2D eigenvalue weighted by molar-refractivity contribution is 0.620. The molecule has 1 aliphatic heterocycles. The molecule has 6 heteroatoms. The Morgan fingerprint density at radius 1 is 0.929 bits per heavy atom. The van der Waals surface area contributed by atoms with Gasteiger partial charge in [0.1, 0.15) is 23.4 Å². The first-order valence-electron chi connectivity index (χ1n) is 9.34. The summed E-state index contributed by atoms with van der Waals surface area (Å²) >= 11 is 0. The number of halogens is 1. The molecular formula is C22H22FN5. The molecule has 0 aliphatic carbocycles. The largest absolute Gasteiger partial charge is 0.396 e. The van der Waals surface area contributed by atoms with E-state index in [-0.39, 0.29) is 5.82 Å². The highest BCUT2D eigenvalue weighted by molar-refractivity contribution is 5.69. The molecule has 2 aromatic carbocycles. The average molecular weight is 375 g/mol. The van der Waals surface area contributed by atoms with Crippen molar-refractivity contribution in [1.29, 1.82) is 5.26 Å². The van der Waals surface area contributed by atoms with Gasteiger partial charge in [-0.2, -0.15) is 5.26 Å². The molecule has 4 rings (SSSR count). The van der Waals surface area contributed by atoms with Crippen molar-refractivity contribution in [3.05, 3.63) is 77.7 Å². The zero-order valence-corrected chi connectivity index (χ0v) is 15.6. The molecule has 0 saturated carbocycles. The van der Waals surface area contributed by atoms with Gasteiger partial charge < -0.3 is 20.1 Å². The number of nitrogens with zero attached hydrogens (tertiary/aromatic N) is 4. The number of nitriles is 1. The standard InChI is InChI=1S/C22H22FN5/c23-18-6-8-19(9-7-18)26-10-12-27(13-11-26)22-21(25)14-20(15-24)28(22)16-17-4-2-1-3-5-17/h1-9,14H,10-13,16,25H2. The predicted molar refractivity (Wildman–Crippen MR) is 110 cm³/mol. The van der Waals surface area contributed by atoms with Crippen LogP contribution in [-0.4, -0.2) is 30.7 Å². The van der Waals surface area contributed by atoms with Crippen molar-refractivity contribution in [3.8, 4) is 6.07 Å². The molecule has 0 spiro atoms. The fraction of sp³-hybridized carbons (Fsp3) is 0.227. The van der Waals surface area contributed by atoms with E-state index >= 15 is 0 Å². The van der Waals surface area contributed by atoms with Crippen molar-refractivity contribution < 1.29 is 4.39 Å². The molecule has 0 radical (unpaired) electrons. The Kier molecular flexibility index (Phi) is 4.90. The van der Waals surface area contributed by atoms with E-state index < -0.39 is 0 Å². The lowest BCUT2D eigenvalue weighted by atomic mass is 10.2. The maximum atomic E-state index is 13.2. The SMILES string of the molecule is N#Cc1cc(N)c(N2CCN(c3ccc(F)cc3)CC2)n1Cc1ccccc1. The van der Waals surface area contributed by atoms with Gasteiger partial charge in [-0.3, -0.25) is 0 Å². The van der Waals surface area contributed by atoms with Crippen LogP contribution in [0.1, 0.15) is 11.3 Å². The topological polar surface area (TPSA) is 61.2 Å². The third kappa shape index (κ3) is 3.52. The number of piperazine rings is 1. The first-order valence-corrected chi connectivity index (χ1v) is 9.34. The van der Waals surface area contributed by atoms with Crippen molar-refractivity contribution in [2.24, 2.45) is 0 Å². The van der Waals surface area contributed by atoms with Crippen molar-refractivity contribution in [2.75, 3.05) is 41.7 Å². The van der Waals surface area contributed by atoms with Crippen LogP contribution >= 0.6 is 0 Å². The molecule has 0 atom stereocenters. The fourth-order valence-corrected chi connectivity index (χ4v) is 3.76. The Hall–Kier alpha value is -3.46. The minimum absolute atomic E-state index is 0.224. The second-order valence-corrected chi connectivity index (χ2v) is 6.94. The maximum Gasteiger partial charge on any atom is 0.133 e. The highest BCUT2D eigenvalue weighted by Gasteiger charge is 2.24. The van der Waals surface area contributed by atoms with Crippen molar-refractivity contribution >= 4 is 17.2 Å². The summed E-state index contributed by atoms with van der Waals surface area (Å²) in [6.45, 7) is 3.79. The summed E-state index contributed by atoms with van der Waals surface area (Å²) in [7, 11) is 0. The molecule has 0 bridgehead atoms. The lowest BCUT2D eigenvalue weighted by Crippen LogP contribution is -2.47. The zero-order chi connectivity index (χ0) is 19.5. The van der Waals surface area contributed by atoms with Gasteiger partial charge in [0, 0.05) is 31.9 Å². The highest BCUT2D eigenvalue weighted by Crippen LogP contribution is 2.30. The van der Waals surface area contributed by atoms with Gasteiger partial charge >= 0.3 is 0 Å². The van der Waals surface area contributed by atoms with Crippen LogP contribution in [0.4, 0.5) is 21.6 Å². The van der Waals surface area contributed by atoms with Gasteiger partial charge in [0.2, 0.25) is 0 Å². The molecule has 0 amide bonds. The molecule has 0 unspecified atom stereocenters. The number of anilines is 3. The van der Waals surface area contributed by atoms with Gasteiger partial charge in [-0.15, -0.1) is 0 Å². The van der Waals surface area contributed by atoms with Crippen LogP contribution in [0.15, 0.2) is 60.7 Å². The van der Waals surface area contributed by atoms with Crippen LogP contribution < -0.4 is 15.5 Å². The Morgan fingerprint density at radius 3 is 2.21 bits per heavy atom. The second kappa shape index (κ2) is 7.65. The molecule has 142 valence electrons.